The Morgan fingerprint density at radius 3 is 2.73 bits per heavy atom. The van der Waals surface area contributed by atoms with Gasteiger partial charge in [-0.05, 0) is 35.9 Å². The van der Waals surface area contributed by atoms with Crippen LogP contribution in [0.1, 0.15) is 11.1 Å². The zero-order chi connectivity index (χ0) is 18.2. The third kappa shape index (κ3) is 5.61. The van der Waals surface area contributed by atoms with Crippen LogP contribution in [0, 0.1) is 0 Å². The lowest BCUT2D eigenvalue weighted by molar-refractivity contribution is 0.0322. The van der Waals surface area contributed by atoms with E-state index in [4.69, 9.17) is 31.5 Å². The molecule has 1 heterocycles. The van der Waals surface area contributed by atoms with Crippen LogP contribution >= 0.6 is 11.6 Å². The van der Waals surface area contributed by atoms with E-state index in [1.165, 1.54) is 0 Å². The second kappa shape index (κ2) is 9.78. The number of rotatable bonds is 8. The van der Waals surface area contributed by atoms with Gasteiger partial charge >= 0.3 is 0 Å². The van der Waals surface area contributed by atoms with E-state index in [1.54, 1.807) is 6.07 Å². The summed E-state index contributed by atoms with van der Waals surface area (Å²) >= 11 is 6.00. The van der Waals surface area contributed by atoms with Gasteiger partial charge < -0.3 is 19.9 Å². The largest absolute Gasteiger partial charge is 0.492 e. The first-order valence-electron chi connectivity index (χ1n) is 8.88. The Balaban J connectivity index is 1.50. The van der Waals surface area contributed by atoms with Crippen LogP contribution in [0.5, 0.6) is 11.5 Å². The molecule has 0 amide bonds. The van der Waals surface area contributed by atoms with Gasteiger partial charge in [-0.15, -0.1) is 0 Å². The zero-order valence-corrected chi connectivity index (χ0v) is 15.6. The molecular formula is C20H25ClN2O3. The van der Waals surface area contributed by atoms with E-state index in [1.807, 2.05) is 36.4 Å². The maximum Gasteiger partial charge on any atom is 0.124 e. The van der Waals surface area contributed by atoms with Crippen LogP contribution in [0.15, 0.2) is 42.5 Å². The van der Waals surface area contributed by atoms with Crippen LogP contribution in [-0.2, 0) is 17.9 Å². The molecule has 0 bridgehead atoms. The lowest BCUT2D eigenvalue weighted by atomic mass is 10.2. The molecule has 2 N–H and O–H groups in total. The van der Waals surface area contributed by atoms with Gasteiger partial charge in [-0.2, -0.15) is 0 Å². The van der Waals surface area contributed by atoms with Crippen molar-refractivity contribution in [1.82, 2.24) is 4.90 Å². The molecule has 26 heavy (non-hydrogen) atoms. The van der Waals surface area contributed by atoms with E-state index in [0.29, 0.717) is 24.8 Å². The Hall–Kier alpha value is -1.79. The summed E-state index contributed by atoms with van der Waals surface area (Å²) in [6.07, 6.45) is 0. The normalized spacial score (nSPS) is 15.0. The van der Waals surface area contributed by atoms with E-state index in [2.05, 4.69) is 4.90 Å². The number of halogens is 1. The maximum atomic E-state index is 6.00. The molecule has 140 valence electrons. The predicted octanol–water partition coefficient (Wildman–Crippen LogP) is 3.09. The topological polar surface area (TPSA) is 57.0 Å². The molecule has 0 saturated carbocycles. The van der Waals surface area contributed by atoms with Gasteiger partial charge in [0.05, 0.1) is 13.2 Å². The molecule has 0 aromatic heterocycles. The van der Waals surface area contributed by atoms with Gasteiger partial charge in [0.25, 0.3) is 0 Å². The van der Waals surface area contributed by atoms with E-state index < -0.39 is 0 Å². The highest BCUT2D eigenvalue weighted by Crippen LogP contribution is 2.24. The molecule has 6 heteroatoms. The fourth-order valence-corrected chi connectivity index (χ4v) is 3.05. The SMILES string of the molecule is NCc1cc(Cl)ccc1OCc1cccc(OCCN2CCOCC2)c1. The summed E-state index contributed by atoms with van der Waals surface area (Å²) in [5.41, 5.74) is 7.70. The maximum absolute atomic E-state index is 6.00. The number of nitrogens with two attached hydrogens (primary N) is 1. The van der Waals surface area contributed by atoms with Crippen molar-refractivity contribution in [3.63, 3.8) is 0 Å². The van der Waals surface area contributed by atoms with Crippen molar-refractivity contribution in [2.75, 3.05) is 39.5 Å². The quantitative estimate of drug-likeness (QED) is 0.767. The van der Waals surface area contributed by atoms with Crippen LogP contribution in [0.3, 0.4) is 0 Å². The van der Waals surface area contributed by atoms with Gasteiger partial charge in [-0.1, -0.05) is 23.7 Å². The number of hydrogen-bond donors (Lipinski definition) is 1. The van der Waals surface area contributed by atoms with Gasteiger partial charge in [0.15, 0.2) is 0 Å². The fraction of sp³-hybridized carbons (Fsp3) is 0.400. The number of ether oxygens (including phenoxy) is 3. The van der Waals surface area contributed by atoms with Gasteiger partial charge in [-0.25, -0.2) is 0 Å². The standard InChI is InChI=1S/C20H25ClN2O3/c21-18-4-5-20(17(13-18)14-22)26-15-16-2-1-3-19(12-16)25-11-8-23-6-9-24-10-7-23/h1-5,12-13H,6-11,14-15,22H2. The monoisotopic (exact) mass is 376 g/mol. The lowest BCUT2D eigenvalue weighted by Gasteiger charge is -2.26. The van der Waals surface area contributed by atoms with Gasteiger partial charge in [0.1, 0.15) is 24.7 Å². The summed E-state index contributed by atoms with van der Waals surface area (Å²) in [5.74, 6) is 1.62. The summed E-state index contributed by atoms with van der Waals surface area (Å²) in [6, 6.07) is 13.5. The van der Waals surface area contributed by atoms with E-state index in [0.717, 1.165) is 55.5 Å². The minimum atomic E-state index is 0.389. The van der Waals surface area contributed by atoms with Gasteiger partial charge in [-0.3, -0.25) is 4.90 Å². The molecule has 1 fully saturated rings. The van der Waals surface area contributed by atoms with Crippen LogP contribution in [0.2, 0.25) is 5.02 Å². The Bertz CT molecular complexity index is 705. The van der Waals surface area contributed by atoms with Crippen LogP contribution < -0.4 is 15.2 Å². The summed E-state index contributed by atoms with van der Waals surface area (Å²) in [7, 11) is 0. The molecule has 1 saturated heterocycles. The van der Waals surface area contributed by atoms with Crippen molar-refractivity contribution < 1.29 is 14.2 Å². The van der Waals surface area contributed by atoms with E-state index in [9.17, 15) is 0 Å². The van der Waals surface area contributed by atoms with Crippen molar-refractivity contribution in [1.29, 1.82) is 0 Å². The molecular weight excluding hydrogens is 352 g/mol. The van der Waals surface area contributed by atoms with Crippen LogP contribution in [0.25, 0.3) is 0 Å². The van der Waals surface area contributed by atoms with Crippen LogP contribution in [0.4, 0.5) is 0 Å². The first-order chi connectivity index (χ1) is 12.7. The zero-order valence-electron chi connectivity index (χ0n) is 14.8. The highest BCUT2D eigenvalue weighted by Gasteiger charge is 2.10. The molecule has 3 rings (SSSR count). The second-order valence-corrected chi connectivity index (χ2v) is 6.63. The predicted molar refractivity (Wildman–Crippen MR) is 103 cm³/mol. The second-order valence-electron chi connectivity index (χ2n) is 6.19. The fourth-order valence-electron chi connectivity index (χ4n) is 2.85. The van der Waals surface area contributed by atoms with Gasteiger partial charge in [0.2, 0.25) is 0 Å². The van der Waals surface area contributed by atoms with Gasteiger partial charge in [0, 0.05) is 36.8 Å². The average molecular weight is 377 g/mol. The Morgan fingerprint density at radius 2 is 1.92 bits per heavy atom. The van der Waals surface area contributed by atoms with E-state index >= 15 is 0 Å². The molecule has 2 aromatic carbocycles. The highest BCUT2D eigenvalue weighted by atomic mass is 35.5. The number of nitrogens with zero attached hydrogens (tertiary/aromatic N) is 1. The molecule has 1 aliphatic rings. The molecule has 0 unspecified atom stereocenters. The molecule has 5 nitrogen and oxygen atoms in total. The summed E-state index contributed by atoms with van der Waals surface area (Å²) in [5, 5.41) is 0.661. The summed E-state index contributed by atoms with van der Waals surface area (Å²) in [4.78, 5) is 2.35. The first-order valence-corrected chi connectivity index (χ1v) is 9.25. The first kappa shape index (κ1) is 19.0. The van der Waals surface area contributed by atoms with Crippen molar-refractivity contribution >= 4 is 11.6 Å². The summed E-state index contributed by atoms with van der Waals surface area (Å²) in [6.45, 7) is 5.98. The van der Waals surface area contributed by atoms with E-state index in [-0.39, 0.29) is 0 Å². The number of morpholine rings is 1. The smallest absolute Gasteiger partial charge is 0.124 e. The minimum Gasteiger partial charge on any atom is -0.492 e. The Morgan fingerprint density at radius 1 is 1.08 bits per heavy atom. The average Bonchev–Trinajstić information content (AvgIpc) is 2.68. The third-order valence-corrected chi connectivity index (χ3v) is 4.55. The minimum absolute atomic E-state index is 0.389. The Kier molecular flexibility index (Phi) is 7.14. The molecule has 2 aromatic rings. The molecule has 0 radical (unpaired) electrons. The molecule has 1 aliphatic heterocycles. The third-order valence-electron chi connectivity index (χ3n) is 4.32. The Labute approximate surface area is 159 Å². The van der Waals surface area contributed by atoms with Crippen LogP contribution in [-0.4, -0.2) is 44.4 Å². The molecule has 0 atom stereocenters. The lowest BCUT2D eigenvalue weighted by Crippen LogP contribution is -2.38. The molecule has 0 aliphatic carbocycles. The van der Waals surface area contributed by atoms with Crippen molar-refractivity contribution in [2.24, 2.45) is 5.73 Å². The highest BCUT2D eigenvalue weighted by molar-refractivity contribution is 6.30. The van der Waals surface area contributed by atoms with Crippen molar-refractivity contribution in [3.8, 4) is 11.5 Å². The van der Waals surface area contributed by atoms with Crippen molar-refractivity contribution in [2.45, 2.75) is 13.2 Å². The van der Waals surface area contributed by atoms with Crippen molar-refractivity contribution in [3.05, 3.63) is 58.6 Å². The number of hydrogen-bond acceptors (Lipinski definition) is 5. The summed E-state index contributed by atoms with van der Waals surface area (Å²) < 4.78 is 17.1. The molecule has 0 spiro atoms. The number of benzene rings is 2.